The average molecular weight is 344 g/mol. The van der Waals surface area contributed by atoms with E-state index in [4.69, 9.17) is 0 Å². The highest BCUT2D eigenvalue weighted by Gasteiger charge is 2.12. The van der Waals surface area contributed by atoms with E-state index in [9.17, 15) is 13.2 Å². The predicted molar refractivity (Wildman–Crippen MR) is 75.7 cm³/mol. The van der Waals surface area contributed by atoms with Gasteiger partial charge >= 0.3 is 0 Å². The van der Waals surface area contributed by atoms with Crippen LogP contribution in [-0.4, -0.2) is 0 Å². The van der Waals surface area contributed by atoms with Crippen LogP contribution in [0.4, 0.5) is 13.2 Å². The van der Waals surface area contributed by atoms with Gasteiger partial charge < -0.3 is 5.32 Å². The highest BCUT2D eigenvalue weighted by Crippen LogP contribution is 2.21. The highest BCUT2D eigenvalue weighted by atomic mass is 79.9. The topological polar surface area (TPSA) is 12.0 Å². The molecule has 0 saturated carbocycles. The molecule has 0 radical (unpaired) electrons. The van der Waals surface area contributed by atoms with Gasteiger partial charge in [0, 0.05) is 28.7 Å². The van der Waals surface area contributed by atoms with Gasteiger partial charge in [-0.05, 0) is 36.8 Å². The van der Waals surface area contributed by atoms with Crippen LogP contribution >= 0.6 is 15.9 Å². The molecule has 0 aliphatic carbocycles. The molecule has 5 heteroatoms. The van der Waals surface area contributed by atoms with Crippen LogP contribution in [0.25, 0.3) is 0 Å². The van der Waals surface area contributed by atoms with Crippen molar-refractivity contribution in [2.45, 2.75) is 19.5 Å². The summed E-state index contributed by atoms with van der Waals surface area (Å²) in [5, 5.41) is 3.08. The molecule has 0 aromatic heterocycles. The first kappa shape index (κ1) is 15.1. The van der Waals surface area contributed by atoms with E-state index in [-0.39, 0.29) is 11.9 Å². The van der Waals surface area contributed by atoms with Crippen molar-refractivity contribution in [1.29, 1.82) is 0 Å². The van der Waals surface area contributed by atoms with E-state index in [1.807, 2.05) is 0 Å². The van der Waals surface area contributed by atoms with Crippen LogP contribution in [-0.2, 0) is 6.54 Å². The summed E-state index contributed by atoms with van der Waals surface area (Å²) in [6, 6.07) is 7.55. The number of rotatable bonds is 4. The second-order valence-corrected chi connectivity index (χ2v) is 5.36. The second-order valence-electron chi connectivity index (χ2n) is 4.50. The molecular formula is C15H13BrF3N. The Hall–Kier alpha value is -1.33. The van der Waals surface area contributed by atoms with Gasteiger partial charge in [-0.1, -0.05) is 22.0 Å². The van der Waals surface area contributed by atoms with Crippen LogP contribution in [0.2, 0.25) is 0 Å². The summed E-state index contributed by atoms with van der Waals surface area (Å²) in [5.74, 6) is -1.53. The Labute approximate surface area is 123 Å². The normalized spacial score (nSPS) is 12.4. The molecule has 2 aromatic carbocycles. The molecule has 2 rings (SSSR count). The lowest BCUT2D eigenvalue weighted by atomic mass is 10.1. The zero-order valence-corrected chi connectivity index (χ0v) is 12.3. The molecule has 0 saturated heterocycles. The Morgan fingerprint density at radius 1 is 1.05 bits per heavy atom. The maximum absolute atomic E-state index is 13.6. The van der Waals surface area contributed by atoms with Gasteiger partial charge in [0.05, 0.1) is 0 Å². The molecule has 106 valence electrons. The molecular weight excluding hydrogens is 331 g/mol. The van der Waals surface area contributed by atoms with Crippen LogP contribution in [0.5, 0.6) is 0 Å². The molecule has 1 nitrogen and oxygen atoms in total. The van der Waals surface area contributed by atoms with Gasteiger partial charge in [0.1, 0.15) is 17.5 Å². The lowest BCUT2D eigenvalue weighted by Crippen LogP contribution is -2.19. The molecule has 0 amide bonds. The third kappa shape index (κ3) is 3.61. The number of halogens is 4. The maximum Gasteiger partial charge on any atom is 0.130 e. The van der Waals surface area contributed by atoms with Crippen molar-refractivity contribution in [2.24, 2.45) is 0 Å². The van der Waals surface area contributed by atoms with Crippen molar-refractivity contribution in [1.82, 2.24) is 5.32 Å². The zero-order valence-electron chi connectivity index (χ0n) is 10.8. The first-order valence-electron chi connectivity index (χ1n) is 6.09. The number of hydrogen-bond acceptors (Lipinski definition) is 1. The van der Waals surface area contributed by atoms with Gasteiger partial charge in [0.25, 0.3) is 0 Å². The van der Waals surface area contributed by atoms with Gasteiger partial charge in [-0.3, -0.25) is 0 Å². The average Bonchev–Trinajstić information content (AvgIpc) is 2.39. The monoisotopic (exact) mass is 343 g/mol. The maximum atomic E-state index is 13.6. The third-order valence-electron chi connectivity index (χ3n) is 3.04. The van der Waals surface area contributed by atoms with E-state index in [1.54, 1.807) is 13.0 Å². The van der Waals surface area contributed by atoms with Crippen molar-refractivity contribution in [3.05, 3.63) is 69.4 Å². The van der Waals surface area contributed by atoms with E-state index in [1.165, 1.54) is 24.3 Å². The Kier molecular flexibility index (Phi) is 4.83. The fourth-order valence-corrected chi connectivity index (χ4v) is 2.29. The fourth-order valence-electron chi connectivity index (χ4n) is 1.90. The minimum absolute atomic E-state index is 0.314. The summed E-state index contributed by atoms with van der Waals surface area (Å²) in [4.78, 5) is 0. The van der Waals surface area contributed by atoms with Crippen molar-refractivity contribution in [2.75, 3.05) is 0 Å². The van der Waals surface area contributed by atoms with E-state index in [0.717, 1.165) is 16.1 Å². The Balaban J connectivity index is 2.08. The van der Waals surface area contributed by atoms with Crippen LogP contribution in [0.15, 0.2) is 40.9 Å². The highest BCUT2D eigenvalue weighted by molar-refractivity contribution is 9.10. The number of hydrogen-bond donors (Lipinski definition) is 1. The van der Waals surface area contributed by atoms with Crippen molar-refractivity contribution >= 4 is 15.9 Å². The van der Waals surface area contributed by atoms with Crippen LogP contribution in [0.3, 0.4) is 0 Å². The standard InChI is InChI=1S/C15H13BrF3N/c1-9(13-4-2-12(18)7-15(13)19)20-8-10-6-11(17)3-5-14(10)16/h2-7,9,20H,8H2,1H3. The first-order chi connectivity index (χ1) is 9.47. The number of benzene rings is 2. The Morgan fingerprint density at radius 3 is 2.40 bits per heavy atom. The summed E-state index contributed by atoms with van der Waals surface area (Å²) in [5.41, 5.74) is 1.11. The Morgan fingerprint density at radius 2 is 1.70 bits per heavy atom. The van der Waals surface area contributed by atoms with Crippen molar-refractivity contribution in [3.8, 4) is 0 Å². The van der Waals surface area contributed by atoms with Gasteiger partial charge in [0.15, 0.2) is 0 Å². The molecule has 0 spiro atoms. The summed E-state index contributed by atoms with van der Waals surface area (Å²) in [6.45, 7) is 2.14. The van der Waals surface area contributed by atoms with Crippen LogP contribution in [0.1, 0.15) is 24.1 Å². The zero-order chi connectivity index (χ0) is 14.7. The fraction of sp³-hybridized carbons (Fsp3) is 0.200. The summed E-state index contributed by atoms with van der Waals surface area (Å²) >= 11 is 3.33. The SMILES string of the molecule is CC(NCc1cc(F)ccc1Br)c1ccc(F)cc1F. The lowest BCUT2D eigenvalue weighted by Gasteiger charge is -2.16. The van der Waals surface area contributed by atoms with E-state index in [0.29, 0.717) is 12.1 Å². The molecule has 1 N–H and O–H groups in total. The van der Waals surface area contributed by atoms with Gasteiger partial charge in [0.2, 0.25) is 0 Å². The van der Waals surface area contributed by atoms with Gasteiger partial charge in [-0.2, -0.15) is 0 Å². The summed E-state index contributed by atoms with van der Waals surface area (Å²) in [7, 11) is 0. The molecule has 0 bridgehead atoms. The van der Waals surface area contributed by atoms with E-state index in [2.05, 4.69) is 21.2 Å². The minimum Gasteiger partial charge on any atom is -0.306 e. The van der Waals surface area contributed by atoms with E-state index >= 15 is 0 Å². The quantitative estimate of drug-likeness (QED) is 0.847. The molecule has 0 aliphatic rings. The molecule has 2 aromatic rings. The van der Waals surface area contributed by atoms with Crippen LogP contribution < -0.4 is 5.32 Å². The molecule has 0 heterocycles. The molecule has 1 atom stereocenters. The number of nitrogens with one attached hydrogen (secondary N) is 1. The Bertz CT molecular complexity index is 616. The molecule has 20 heavy (non-hydrogen) atoms. The van der Waals surface area contributed by atoms with Gasteiger partial charge in [-0.25, -0.2) is 13.2 Å². The smallest absolute Gasteiger partial charge is 0.130 e. The van der Waals surface area contributed by atoms with Crippen molar-refractivity contribution < 1.29 is 13.2 Å². The van der Waals surface area contributed by atoms with Crippen molar-refractivity contribution in [3.63, 3.8) is 0 Å². The lowest BCUT2D eigenvalue weighted by molar-refractivity contribution is 0.516. The predicted octanol–water partition coefficient (Wildman–Crippen LogP) is 4.72. The summed E-state index contributed by atoms with van der Waals surface area (Å²) in [6.07, 6.45) is 0. The van der Waals surface area contributed by atoms with Crippen LogP contribution in [0, 0.1) is 17.5 Å². The molecule has 0 aliphatic heterocycles. The third-order valence-corrected chi connectivity index (χ3v) is 3.81. The largest absolute Gasteiger partial charge is 0.306 e. The second kappa shape index (κ2) is 6.41. The van der Waals surface area contributed by atoms with E-state index < -0.39 is 11.6 Å². The van der Waals surface area contributed by atoms with Gasteiger partial charge in [-0.15, -0.1) is 0 Å². The molecule has 0 fully saturated rings. The summed E-state index contributed by atoms with van der Waals surface area (Å²) < 4.78 is 40.4. The molecule has 1 unspecified atom stereocenters. The minimum atomic E-state index is -0.605. The first-order valence-corrected chi connectivity index (χ1v) is 6.89.